The van der Waals surface area contributed by atoms with Crippen molar-refractivity contribution in [3.8, 4) is 11.4 Å². The maximum atomic E-state index is 12.0. The minimum atomic E-state index is -0.359. The van der Waals surface area contributed by atoms with E-state index in [1.165, 1.54) is 17.8 Å². The number of benzene rings is 2. The van der Waals surface area contributed by atoms with Gasteiger partial charge in [-0.05, 0) is 53.1 Å². The van der Waals surface area contributed by atoms with E-state index >= 15 is 0 Å². The fourth-order valence-electron chi connectivity index (χ4n) is 3.09. The molecule has 0 bridgehead atoms. The van der Waals surface area contributed by atoms with E-state index in [1.54, 1.807) is 4.68 Å². The molecule has 0 aliphatic rings. The number of para-hydroxylation sites is 2. The van der Waals surface area contributed by atoms with E-state index < -0.39 is 0 Å². The van der Waals surface area contributed by atoms with Gasteiger partial charge in [0.05, 0.1) is 6.61 Å². The lowest BCUT2D eigenvalue weighted by molar-refractivity contribution is 0.337. The molecule has 0 saturated carbocycles. The molecular weight excluding hydrogens is 388 g/mol. The Morgan fingerprint density at radius 2 is 2.00 bits per heavy atom. The van der Waals surface area contributed by atoms with Gasteiger partial charge in [-0.2, -0.15) is 4.68 Å². The third-order valence-corrected chi connectivity index (χ3v) is 5.46. The lowest BCUT2D eigenvalue weighted by Gasteiger charge is -2.11. The third kappa shape index (κ3) is 4.02. The van der Waals surface area contributed by atoms with Gasteiger partial charge in [0.25, 0.3) is 0 Å². The van der Waals surface area contributed by atoms with Gasteiger partial charge in [-0.1, -0.05) is 43.0 Å². The van der Waals surface area contributed by atoms with Crippen molar-refractivity contribution in [3.63, 3.8) is 0 Å². The van der Waals surface area contributed by atoms with Crippen LogP contribution in [-0.2, 0) is 12.2 Å². The summed E-state index contributed by atoms with van der Waals surface area (Å²) in [4.78, 5) is 12.0. The van der Waals surface area contributed by atoms with E-state index in [2.05, 4.69) is 28.5 Å². The molecule has 2 aromatic carbocycles. The van der Waals surface area contributed by atoms with Gasteiger partial charge >= 0.3 is 5.63 Å². The van der Waals surface area contributed by atoms with Gasteiger partial charge < -0.3 is 9.15 Å². The van der Waals surface area contributed by atoms with Crippen LogP contribution in [-0.4, -0.2) is 26.8 Å². The number of fused-ring (bicyclic) bond motifs is 1. The summed E-state index contributed by atoms with van der Waals surface area (Å²) >= 11 is 1.45. The first-order valence-electron chi connectivity index (χ1n) is 9.38. The Labute approximate surface area is 171 Å². The zero-order valence-electron chi connectivity index (χ0n) is 16.2. The third-order valence-electron chi connectivity index (χ3n) is 4.49. The van der Waals surface area contributed by atoms with E-state index in [-0.39, 0.29) is 5.63 Å². The quantitative estimate of drug-likeness (QED) is 0.337. The van der Waals surface area contributed by atoms with Crippen LogP contribution in [0.15, 0.2) is 62.9 Å². The number of thioether (sulfide) groups is 1. The monoisotopic (exact) mass is 408 g/mol. The van der Waals surface area contributed by atoms with Crippen LogP contribution in [0.1, 0.15) is 25.0 Å². The predicted molar refractivity (Wildman–Crippen MR) is 112 cm³/mol. The Balaban J connectivity index is 1.65. The van der Waals surface area contributed by atoms with Gasteiger partial charge in [-0.25, -0.2) is 4.79 Å². The number of hydrogen-bond donors (Lipinski definition) is 0. The summed E-state index contributed by atoms with van der Waals surface area (Å²) in [5, 5.41) is 13.6. The summed E-state index contributed by atoms with van der Waals surface area (Å²) in [5.74, 6) is 1.24. The summed E-state index contributed by atoms with van der Waals surface area (Å²) in [6.45, 7) is 4.55. The van der Waals surface area contributed by atoms with Crippen LogP contribution in [0.5, 0.6) is 5.75 Å². The fraction of sp³-hybridized carbons (Fsp3) is 0.238. The highest BCUT2D eigenvalue weighted by Crippen LogP contribution is 2.29. The number of hydrogen-bond acceptors (Lipinski definition) is 7. The normalized spacial score (nSPS) is 11.1. The van der Waals surface area contributed by atoms with Gasteiger partial charge in [0.2, 0.25) is 5.16 Å². The first kappa shape index (κ1) is 19.2. The van der Waals surface area contributed by atoms with Crippen molar-refractivity contribution in [2.75, 3.05) is 6.61 Å². The molecule has 2 heterocycles. The predicted octanol–water partition coefficient (Wildman–Crippen LogP) is 4.02. The van der Waals surface area contributed by atoms with Gasteiger partial charge in [0.1, 0.15) is 17.0 Å². The average molecular weight is 408 g/mol. The van der Waals surface area contributed by atoms with E-state index in [0.717, 1.165) is 28.6 Å². The van der Waals surface area contributed by atoms with Gasteiger partial charge in [-0.3, -0.25) is 0 Å². The SMILES string of the molecule is CCOc1ccccc1-n1nnnc1SCc1cc(=O)oc2cc(CC)ccc12. The topological polar surface area (TPSA) is 83.0 Å². The highest BCUT2D eigenvalue weighted by atomic mass is 32.2. The summed E-state index contributed by atoms with van der Waals surface area (Å²) in [5.41, 5.74) is 3.03. The number of aromatic nitrogens is 4. The molecule has 2 aromatic heterocycles. The number of aryl methyl sites for hydroxylation is 1. The van der Waals surface area contributed by atoms with Crippen molar-refractivity contribution in [3.05, 3.63) is 70.1 Å². The standard InChI is InChI=1S/C21H20N4O3S/c1-3-14-9-10-16-15(12-20(26)28-19(16)11-14)13-29-21-22-23-24-25(21)17-7-5-6-8-18(17)27-4-2/h5-12H,3-4,13H2,1-2H3. The minimum Gasteiger partial charge on any atom is -0.492 e. The van der Waals surface area contributed by atoms with Crippen molar-refractivity contribution >= 4 is 22.7 Å². The van der Waals surface area contributed by atoms with Crippen LogP contribution in [0.4, 0.5) is 0 Å². The van der Waals surface area contributed by atoms with Gasteiger partial charge in [-0.15, -0.1) is 5.10 Å². The molecule has 0 unspecified atom stereocenters. The van der Waals surface area contributed by atoms with Crippen molar-refractivity contribution in [2.24, 2.45) is 0 Å². The second-order valence-electron chi connectivity index (χ2n) is 6.34. The molecule has 0 saturated heterocycles. The number of rotatable bonds is 7. The highest BCUT2D eigenvalue weighted by Gasteiger charge is 2.15. The zero-order valence-corrected chi connectivity index (χ0v) is 17.0. The molecule has 0 spiro atoms. The molecule has 8 heteroatoms. The largest absolute Gasteiger partial charge is 0.492 e. The molecule has 0 amide bonds. The molecular formula is C21H20N4O3S. The van der Waals surface area contributed by atoms with E-state index in [4.69, 9.17) is 9.15 Å². The molecule has 0 fully saturated rings. The zero-order chi connectivity index (χ0) is 20.2. The minimum absolute atomic E-state index is 0.359. The molecule has 29 heavy (non-hydrogen) atoms. The number of nitrogens with zero attached hydrogens (tertiary/aromatic N) is 4. The molecule has 0 aliphatic carbocycles. The molecule has 0 radical (unpaired) electrons. The second-order valence-corrected chi connectivity index (χ2v) is 7.28. The highest BCUT2D eigenvalue weighted by molar-refractivity contribution is 7.98. The average Bonchev–Trinajstić information content (AvgIpc) is 3.20. The van der Waals surface area contributed by atoms with Crippen molar-refractivity contribution in [1.29, 1.82) is 0 Å². The van der Waals surface area contributed by atoms with Crippen molar-refractivity contribution < 1.29 is 9.15 Å². The first-order valence-corrected chi connectivity index (χ1v) is 10.4. The summed E-state index contributed by atoms with van der Waals surface area (Å²) < 4.78 is 12.7. The van der Waals surface area contributed by atoms with Crippen LogP contribution in [0, 0.1) is 0 Å². The molecule has 7 nitrogen and oxygen atoms in total. The molecule has 148 valence electrons. The Kier molecular flexibility index (Phi) is 5.62. The Bertz CT molecular complexity index is 1200. The Hall–Kier alpha value is -3.13. The van der Waals surface area contributed by atoms with E-state index in [1.807, 2.05) is 43.3 Å². The smallest absolute Gasteiger partial charge is 0.336 e. The number of ether oxygens (including phenoxy) is 1. The van der Waals surface area contributed by atoms with Crippen LogP contribution >= 0.6 is 11.8 Å². The van der Waals surface area contributed by atoms with Crippen LogP contribution in [0.3, 0.4) is 0 Å². The molecule has 4 aromatic rings. The summed E-state index contributed by atoms with van der Waals surface area (Å²) in [6, 6.07) is 15.1. The van der Waals surface area contributed by atoms with Crippen molar-refractivity contribution in [1.82, 2.24) is 20.2 Å². The van der Waals surface area contributed by atoms with Gasteiger partial charge in [0.15, 0.2) is 0 Å². The van der Waals surface area contributed by atoms with E-state index in [9.17, 15) is 4.79 Å². The van der Waals surface area contributed by atoms with Crippen LogP contribution < -0.4 is 10.4 Å². The molecule has 0 N–H and O–H groups in total. The van der Waals surface area contributed by atoms with Crippen LogP contribution in [0.25, 0.3) is 16.7 Å². The van der Waals surface area contributed by atoms with Crippen molar-refractivity contribution in [2.45, 2.75) is 31.2 Å². The second kappa shape index (κ2) is 8.48. The molecule has 0 aliphatic heterocycles. The summed E-state index contributed by atoms with van der Waals surface area (Å²) in [7, 11) is 0. The maximum Gasteiger partial charge on any atom is 0.336 e. The first-order chi connectivity index (χ1) is 14.2. The van der Waals surface area contributed by atoms with E-state index in [0.29, 0.717) is 28.8 Å². The lowest BCUT2D eigenvalue weighted by atomic mass is 10.1. The summed E-state index contributed by atoms with van der Waals surface area (Å²) in [6.07, 6.45) is 0.882. The Morgan fingerprint density at radius 3 is 2.83 bits per heavy atom. The van der Waals surface area contributed by atoms with Gasteiger partial charge in [0, 0.05) is 17.2 Å². The molecule has 4 rings (SSSR count). The maximum absolute atomic E-state index is 12.0. The molecule has 0 atom stereocenters. The number of tetrazole rings is 1. The Morgan fingerprint density at radius 1 is 1.14 bits per heavy atom. The fourth-order valence-corrected chi connectivity index (χ4v) is 3.96. The van der Waals surface area contributed by atoms with Crippen LogP contribution in [0.2, 0.25) is 0 Å². The lowest BCUT2D eigenvalue weighted by Crippen LogP contribution is -2.04.